The van der Waals surface area contributed by atoms with Gasteiger partial charge in [0.25, 0.3) is 0 Å². The molecule has 31 heavy (non-hydrogen) atoms. The number of alkyl halides is 15. The summed E-state index contributed by atoms with van der Waals surface area (Å²) < 4.78 is 145. The van der Waals surface area contributed by atoms with Gasteiger partial charge in [0.1, 0.15) is 0 Å². The number of hydrogen-bond donors (Lipinski definition) is 3. The molecular weight excluding hydrogens is 555 g/mol. The molecule has 0 aromatic heterocycles. The van der Waals surface area contributed by atoms with Crippen LogP contribution < -0.4 is 10.6 Å². The van der Waals surface area contributed by atoms with Gasteiger partial charge in [0.15, 0.2) is 0 Å². The molecule has 1 saturated heterocycles. The average molecular weight is 566 g/mol. The van der Waals surface area contributed by atoms with Crippen molar-refractivity contribution in [2.75, 3.05) is 26.2 Å². The van der Waals surface area contributed by atoms with Crippen LogP contribution in [0.25, 0.3) is 0 Å². The standard InChI is InChI=1S/C8HCl4F11O2.C4H10N2/c9-3(15,2(13,14)1(24)25)6(18,19)4(10,16)7(20,21)5(11,17)8(12,22)23;1-2-6-4-3-5-1/h(H,24,25);5-6H,1-4H2. The Morgan fingerprint density at radius 2 is 0.903 bits per heavy atom. The summed E-state index contributed by atoms with van der Waals surface area (Å²) in [5.74, 6) is -24.7. The summed E-state index contributed by atoms with van der Waals surface area (Å²) in [6.45, 7) is 4.56. The highest BCUT2D eigenvalue weighted by atomic mass is 35.5. The lowest BCUT2D eigenvalue weighted by molar-refractivity contribution is -0.305. The number of carboxylic acids is 1. The molecule has 19 heteroatoms. The van der Waals surface area contributed by atoms with Crippen LogP contribution in [0.5, 0.6) is 0 Å². The largest absolute Gasteiger partial charge is 0.477 e. The zero-order valence-corrected chi connectivity index (χ0v) is 17.4. The SMILES string of the molecule is C1CNCCN1.O=C(O)C(F)(F)C(F)(Cl)C(F)(F)C(F)(Cl)C(F)(F)C(F)(Cl)C(F)(F)Cl. The quantitative estimate of drug-likeness (QED) is 0.309. The molecule has 0 aromatic rings. The van der Waals surface area contributed by atoms with Crippen LogP contribution in [0.2, 0.25) is 0 Å². The first kappa shape index (κ1) is 30.8. The lowest BCUT2D eigenvalue weighted by Crippen LogP contribution is -2.72. The third-order valence-electron chi connectivity index (χ3n) is 3.55. The minimum absolute atomic E-state index is 1.14. The zero-order chi connectivity index (χ0) is 25.3. The molecule has 0 radical (unpaired) electrons. The molecule has 0 spiro atoms. The van der Waals surface area contributed by atoms with Gasteiger partial charge < -0.3 is 15.7 Å². The maximum absolute atomic E-state index is 13.7. The monoisotopic (exact) mass is 564 g/mol. The number of carbonyl (C=O) groups is 1. The molecule has 3 atom stereocenters. The van der Waals surface area contributed by atoms with E-state index in [2.05, 4.69) is 57.0 Å². The first-order valence-electron chi connectivity index (χ1n) is 7.43. The van der Waals surface area contributed by atoms with Crippen molar-refractivity contribution in [1.82, 2.24) is 10.6 Å². The number of halogens is 15. The van der Waals surface area contributed by atoms with Gasteiger partial charge in [0, 0.05) is 26.2 Å². The summed E-state index contributed by atoms with van der Waals surface area (Å²) >= 11 is 15.4. The maximum Gasteiger partial charge on any atom is 0.395 e. The third kappa shape index (κ3) is 5.31. The Morgan fingerprint density at radius 3 is 1.13 bits per heavy atom. The predicted molar refractivity (Wildman–Crippen MR) is 88.1 cm³/mol. The predicted octanol–water partition coefficient (Wildman–Crippen LogP) is 4.70. The highest BCUT2D eigenvalue weighted by Gasteiger charge is 2.90. The molecule has 1 heterocycles. The Hall–Kier alpha value is -0.220. The van der Waals surface area contributed by atoms with E-state index < -0.39 is 44.5 Å². The van der Waals surface area contributed by atoms with Gasteiger partial charge in [-0.05, 0) is 11.6 Å². The lowest BCUT2D eigenvalue weighted by atomic mass is 9.94. The number of hydrogen-bond acceptors (Lipinski definition) is 3. The highest BCUT2D eigenvalue weighted by molar-refractivity contribution is 6.34. The van der Waals surface area contributed by atoms with E-state index in [9.17, 15) is 53.1 Å². The molecule has 0 saturated carbocycles. The molecule has 0 aromatic carbocycles. The number of carboxylic acid groups (broad SMARTS) is 1. The van der Waals surface area contributed by atoms with Crippen molar-refractivity contribution in [2.24, 2.45) is 0 Å². The fraction of sp³-hybridized carbons (Fsp3) is 0.917. The van der Waals surface area contributed by atoms with Gasteiger partial charge in [-0.25, -0.2) is 18.0 Å². The number of piperazine rings is 1. The topological polar surface area (TPSA) is 61.4 Å². The van der Waals surface area contributed by atoms with Gasteiger partial charge in [-0.15, -0.1) is 0 Å². The van der Waals surface area contributed by atoms with Gasteiger partial charge in [0.2, 0.25) is 0 Å². The number of aliphatic carboxylic acids is 1. The van der Waals surface area contributed by atoms with Crippen molar-refractivity contribution >= 4 is 52.4 Å². The van der Waals surface area contributed by atoms with Crippen LogP contribution in [0.1, 0.15) is 0 Å². The molecule has 3 unspecified atom stereocenters. The van der Waals surface area contributed by atoms with Crippen LogP contribution in [0, 0.1) is 0 Å². The van der Waals surface area contributed by atoms with Gasteiger partial charge >= 0.3 is 44.5 Å². The van der Waals surface area contributed by atoms with E-state index in [-0.39, 0.29) is 0 Å². The normalized spacial score (nSPS) is 22.3. The number of rotatable bonds is 7. The fourth-order valence-corrected chi connectivity index (χ4v) is 2.52. The van der Waals surface area contributed by atoms with E-state index in [0.717, 1.165) is 26.2 Å². The second-order valence-corrected chi connectivity index (χ2v) is 7.79. The molecular formula is C12H11Cl4F11N2O2. The van der Waals surface area contributed by atoms with E-state index in [0.29, 0.717) is 0 Å². The smallest absolute Gasteiger partial charge is 0.395 e. The Labute approximate surface area is 186 Å². The summed E-state index contributed by atoms with van der Waals surface area (Å²) in [6, 6.07) is 0. The Balaban J connectivity index is 0.00000127. The molecule has 1 rings (SSSR count). The molecule has 1 aliphatic heterocycles. The Kier molecular flexibility index (Phi) is 9.50. The van der Waals surface area contributed by atoms with Crippen LogP contribution in [0.4, 0.5) is 48.3 Å². The molecule has 0 bridgehead atoms. The van der Waals surface area contributed by atoms with Gasteiger partial charge in [-0.3, -0.25) is 0 Å². The van der Waals surface area contributed by atoms with Crippen molar-refractivity contribution in [2.45, 2.75) is 38.5 Å². The van der Waals surface area contributed by atoms with Gasteiger partial charge in [-0.1, -0.05) is 34.8 Å². The molecule has 3 N–H and O–H groups in total. The highest BCUT2D eigenvalue weighted by Crippen LogP contribution is 2.64. The minimum Gasteiger partial charge on any atom is -0.477 e. The van der Waals surface area contributed by atoms with Crippen LogP contribution in [0.3, 0.4) is 0 Å². The minimum atomic E-state index is -7.23. The van der Waals surface area contributed by atoms with E-state index in [1.54, 1.807) is 0 Å². The second kappa shape index (κ2) is 9.57. The third-order valence-corrected chi connectivity index (χ3v) is 5.33. The van der Waals surface area contributed by atoms with Gasteiger partial charge in [0.05, 0.1) is 0 Å². The van der Waals surface area contributed by atoms with E-state index >= 15 is 0 Å². The van der Waals surface area contributed by atoms with Crippen molar-refractivity contribution in [3.05, 3.63) is 0 Å². The molecule has 0 aliphatic carbocycles. The summed E-state index contributed by atoms with van der Waals surface area (Å²) in [7, 11) is 0. The Morgan fingerprint density at radius 1 is 0.613 bits per heavy atom. The van der Waals surface area contributed by atoms with E-state index in [1.807, 2.05) is 0 Å². The van der Waals surface area contributed by atoms with Crippen LogP contribution in [0.15, 0.2) is 0 Å². The summed E-state index contributed by atoms with van der Waals surface area (Å²) in [5, 5.41) is -11.5. The lowest BCUT2D eigenvalue weighted by Gasteiger charge is -2.43. The average Bonchev–Trinajstić information content (AvgIpc) is 2.61. The van der Waals surface area contributed by atoms with E-state index in [1.165, 1.54) is 0 Å². The first-order chi connectivity index (χ1) is 13.4. The Bertz CT molecular complexity index is 629. The van der Waals surface area contributed by atoms with Crippen LogP contribution in [-0.2, 0) is 4.79 Å². The maximum atomic E-state index is 13.7. The molecule has 1 fully saturated rings. The summed E-state index contributed by atoms with van der Waals surface area (Å²) in [4.78, 5) is 10.0. The molecule has 4 nitrogen and oxygen atoms in total. The molecule has 186 valence electrons. The molecule has 1 aliphatic rings. The fourth-order valence-electron chi connectivity index (χ4n) is 1.70. The second-order valence-electron chi connectivity index (χ2n) is 5.75. The van der Waals surface area contributed by atoms with E-state index in [4.69, 9.17) is 5.11 Å². The van der Waals surface area contributed by atoms with Crippen molar-refractivity contribution in [3.63, 3.8) is 0 Å². The van der Waals surface area contributed by atoms with Crippen LogP contribution in [-0.4, -0.2) is 75.8 Å². The molecule has 0 amide bonds. The van der Waals surface area contributed by atoms with Crippen molar-refractivity contribution in [3.8, 4) is 0 Å². The zero-order valence-electron chi connectivity index (χ0n) is 14.4. The first-order valence-corrected chi connectivity index (χ1v) is 8.94. The summed E-state index contributed by atoms with van der Waals surface area (Å²) in [6.07, 6.45) is 0. The van der Waals surface area contributed by atoms with Crippen molar-refractivity contribution in [1.29, 1.82) is 0 Å². The van der Waals surface area contributed by atoms with Gasteiger partial charge in [-0.2, -0.15) is 35.1 Å². The van der Waals surface area contributed by atoms with Crippen LogP contribution >= 0.6 is 46.4 Å². The summed E-state index contributed by atoms with van der Waals surface area (Å²) in [5.41, 5.74) is 0. The number of nitrogens with one attached hydrogen (secondary N) is 2. The van der Waals surface area contributed by atoms with Crippen molar-refractivity contribution < 1.29 is 58.2 Å².